The molecule has 0 aliphatic carbocycles. The molecule has 0 unspecified atom stereocenters. The molecule has 148 valence electrons. The minimum Gasteiger partial charge on any atom is -0.367 e. The standard InChI is InChI=1S/C23H25N5O/c29-23(26-11-9-19-6-2-1-3-7-19)20-16-21(18-24-17-20)27-12-14-28(15-13-27)22-8-4-5-10-25-22/h1-8,10,16-18H,9,11-15H2,(H,26,29). The summed E-state index contributed by atoms with van der Waals surface area (Å²) in [4.78, 5) is 25.8. The molecule has 3 aromatic rings. The third-order valence-corrected chi connectivity index (χ3v) is 5.15. The summed E-state index contributed by atoms with van der Waals surface area (Å²) in [6.07, 6.45) is 6.10. The Morgan fingerprint density at radius 3 is 2.45 bits per heavy atom. The van der Waals surface area contributed by atoms with Gasteiger partial charge in [0.15, 0.2) is 0 Å². The molecule has 0 bridgehead atoms. The molecule has 0 saturated carbocycles. The van der Waals surface area contributed by atoms with Crippen LogP contribution in [0, 0.1) is 0 Å². The number of carbonyl (C=O) groups excluding carboxylic acids is 1. The Balaban J connectivity index is 1.32. The molecule has 1 saturated heterocycles. The van der Waals surface area contributed by atoms with Crippen molar-refractivity contribution in [1.29, 1.82) is 0 Å². The number of pyridine rings is 2. The van der Waals surface area contributed by atoms with E-state index in [9.17, 15) is 4.79 Å². The van der Waals surface area contributed by atoms with Gasteiger partial charge in [0.2, 0.25) is 0 Å². The molecule has 1 amide bonds. The Hall–Kier alpha value is -3.41. The van der Waals surface area contributed by atoms with Gasteiger partial charge < -0.3 is 15.1 Å². The maximum absolute atomic E-state index is 12.5. The number of anilines is 2. The second-order valence-corrected chi connectivity index (χ2v) is 7.09. The van der Waals surface area contributed by atoms with E-state index in [0.717, 1.165) is 44.1 Å². The summed E-state index contributed by atoms with van der Waals surface area (Å²) in [5.41, 5.74) is 2.80. The van der Waals surface area contributed by atoms with Gasteiger partial charge in [0.05, 0.1) is 17.4 Å². The van der Waals surface area contributed by atoms with E-state index in [1.54, 1.807) is 6.20 Å². The molecule has 0 radical (unpaired) electrons. The fourth-order valence-corrected chi connectivity index (χ4v) is 3.53. The number of hydrogen-bond donors (Lipinski definition) is 1. The van der Waals surface area contributed by atoms with Crippen LogP contribution in [0.1, 0.15) is 15.9 Å². The number of amides is 1. The molecule has 6 heteroatoms. The minimum atomic E-state index is -0.0811. The van der Waals surface area contributed by atoms with Crippen molar-refractivity contribution in [3.05, 3.63) is 84.3 Å². The molecule has 1 aliphatic rings. The first-order chi connectivity index (χ1) is 14.3. The summed E-state index contributed by atoms with van der Waals surface area (Å²) in [5.74, 6) is 0.930. The predicted molar refractivity (Wildman–Crippen MR) is 115 cm³/mol. The molecule has 4 rings (SSSR count). The van der Waals surface area contributed by atoms with E-state index in [0.29, 0.717) is 12.1 Å². The second-order valence-electron chi connectivity index (χ2n) is 7.09. The molecule has 0 spiro atoms. The van der Waals surface area contributed by atoms with Gasteiger partial charge in [-0.2, -0.15) is 0 Å². The molecule has 1 aliphatic heterocycles. The molecular formula is C23H25N5O. The van der Waals surface area contributed by atoms with Crippen LogP contribution in [0.15, 0.2) is 73.2 Å². The number of piperazine rings is 1. The van der Waals surface area contributed by atoms with Gasteiger partial charge in [0.25, 0.3) is 5.91 Å². The summed E-state index contributed by atoms with van der Waals surface area (Å²) >= 11 is 0. The highest BCUT2D eigenvalue weighted by molar-refractivity contribution is 5.94. The third-order valence-electron chi connectivity index (χ3n) is 5.15. The van der Waals surface area contributed by atoms with Gasteiger partial charge in [-0.25, -0.2) is 4.98 Å². The molecular weight excluding hydrogens is 362 g/mol. The number of rotatable bonds is 6. The Labute approximate surface area is 171 Å². The Morgan fingerprint density at radius 1 is 0.931 bits per heavy atom. The molecule has 29 heavy (non-hydrogen) atoms. The fourth-order valence-electron chi connectivity index (χ4n) is 3.53. The summed E-state index contributed by atoms with van der Waals surface area (Å²) in [6.45, 7) is 4.14. The van der Waals surface area contributed by atoms with Gasteiger partial charge in [-0.1, -0.05) is 36.4 Å². The van der Waals surface area contributed by atoms with Gasteiger partial charge in [0.1, 0.15) is 5.82 Å². The summed E-state index contributed by atoms with van der Waals surface area (Å²) < 4.78 is 0. The van der Waals surface area contributed by atoms with Crippen LogP contribution >= 0.6 is 0 Å². The van der Waals surface area contributed by atoms with Gasteiger partial charge in [-0.3, -0.25) is 9.78 Å². The maximum Gasteiger partial charge on any atom is 0.252 e. The van der Waals surface area contributed by atoms with Crippen molar-refractivity contribution in [3.8, 4) is 0 Å². The molecule has 0 atom stereocenters. The van der Waals surface area contributed by atoms with E-state index < -0.39 is 0 Å². The van der Waals surface area contributed by atoms with Gasteiger partial charge in [0, 0.05) is 45.1 Å². The van der Waals surface area contributed by atoms with E-state index in [1.807, 2.05) is 54.9 Å². The largest absolute Gasteiger partial charge is 0.367 e. The van der Waals surface area contributed by atoms with Gasteiger partial charge in [-0.05, 0) is 30.2 Å². The van der Waals surface area contributed by atoms with Crippen LogP contribution in [0.2, 0.25) is 0 Å². The molecule has 2 aromatic heterocycles. The normalized spacial score (nSPS) is 13.9. The monoisotopic (exact) mass is 387 g/mol. The van der Waals surface area contributed by atoms with Crippen molar-refractivity contribution in [3.63, 3.8) is 0 Å². The van der Waals surface area contributed by atoms with Gasteiger partial charge in [-0.15, -0.1) is 0 Å². The maximum atomic E-state index is 12.5. The highest BCUT2D eigenvalue weighted by atomic mass is 16.1. The van der Waals surface area contributed by atoms with Crippen LogP contribution in [0.5, 0.6) is 0 Å². The number of nitrogens with zero attached hydrogens (tertiary/aromatic N) is 4. The highest BCUT2D eigenvalue weighted by Gasteiger charge is 2.19. The average molecular weight is 387 g/mol. The smallest absolute Gasteiger partial charge is 0.252 e. The van der Waals surface area contributed by atoms with Crippen molar-refractivity contribution in [2.75, 3.05) is 42.5 Å². The lowest BCUT2D eigenvalue weighted by Crippen LogP contribution is -2.46. The van der Waals surface area contributed by atoms with E-state index in [2.05, 4.69) is 37.2 Å². The zero-order valence-electron chi connectivity index (χ0n) is 16.4. The first kappa shape index (κ1) is 18.9. The van der Waals surface area contributed by atoms with Crippen LogP contribution in [-0.4, -0.2) is 48.6 Å². The molecule has 6 nitrogen and oxygen atoms in total. The third kappa shape index (κ3) is 4.90. The van der Waals surface area contributed by atoms with Crippen molar-refractivity contribution in [2.24, 2.45) is 0 Å². The highest BCUT2D eigenvalue weighted by Crippen LogP contribution is 2.19. The summed E-state index contributed by atoms with van der Waals surface area (Å²) in [6, 6.07) is 18.1. The number of benzene rings is 1. The van der Waals surface area contributed by atoms with Crippen LogP contribution in [0.4, 0.5) is 11.5 Å². The lowest BCUT2D eigenvalue weighted by Gasteiger charge is -2.36. The molecule has 3 heterocycles. The first-order valence-corrected chi connectivity index (χ1v) is 9.98. The van der Waals surface area contributed by atoms with Crippen LogP contribution in [0.25, 0.3) is 0 Å². The van der Waals surface area contributed by atoms with Gasteiger partial charge >= 0.3 is 0 Å². The minimum absolute atomic E-state index is 0.0811. The SMILES string of the molecule is O=C(NCCc1ccccc1)c1cncc(N2CCN(c3ccccn3)CC2)c1. The average Bonchev–Trinajstić information content (AvgIpc) is 2.80. The van der Waals surface area contributed by atoms with Crippen LogP contribution in [0.3, 0.4) is 0 Å². The zero-order chi connectivity index (χ0) is 19.9. The lowest BCUT2D eigenvalue weighted by atomic mass is 10.1. The van der Waals surface area contributed by atoms with Crippen molar-refractivity contribution < 1.29 is 4.79 Å². The first-order valence-electron chi connectivity index (χ1n) is 9.98. The molecule has 1 N–H and O–H groups in total. The van der Waals surface area contributed by atoms with E-state index in [1.165, 1.54) is 5.56 Å². The Morgan fingerprint density at radius 2 is 1.69 bits per heavy atom. The number of carbonyl (C=O) groups is 1. The molecule has 1 fully saturated rings. The second kappa shape index (κ2) is 9.19. The number of hydrogen-bond acceptors (Lipinski definition) is 5. The predicted octanol–water partition coefficient (Wildman–Crippen LogP) is 2.78. The van der Waals surface area contributed by atoms with E-state index in [-0.39, 0.29) is 5.91 Å². The zero-order valence-corrected chi connectivity index (χ0v) is 16.4. The molecule has 1 aromatic carbocycles. The van der Waals surface area contributed by atoms with Crippen molar-refractivity contribution in [1.82, 2.24) is 15.3 Å². The fraction of sp³-hybridized carbons (Fsp3) is 0.261. The van der Waals surface area contributed by atoms with E-state index in [4.69, 9.17) is 0 Å². The van der Waals surface area contributed by atoms with Crippen molar-refractivity contribution in [2.45, 2.75) is 6.42 Å². The van der Waals surface area contributed by atoms with E-state index >= 15 is 0 Å². The topological polar surface area (TPSA) is 61.4 Å². The Kier molecular flexibility index (Phi) is 6.00. The summed E-state index contributed by atoms with van der Waals surface area (Å²) in [7, 11) is 0. The lowest BCUT2D eigenvalue weighted by molar-refractivity contribution is 0.0954. The van der Waals surface area contributed by atoms with Crippen molar-refractivity contribution >= 4 is 17.4 Å². The Bertz CT molecular complexity index is 924. The summed E-state index contributed by atoms with van der Waals surface area (Å²) in [5, 5.41) is 2.99. The quantitative estimate of drug-likeness (QED) is 0.705. The van der Waals surface area contributed by atoms with Crippen LogP contribution in [-0.2, 0) is 6.42 Å². The number of aromatic nitrogens is 2. The van der Waals surface area contributed by atoms with Crippen LogP contribution < -0.4 is 15.1 Å². The number of nitrogens with one attached hydrogen (secondary N) is 1.